The number of aryl methyl sites for hydroxylation is 2. The third kappa shape index (κ3) is 2.79. The van der Waals surface area contributed by atoms with Gasteiger partial charge in [-0.15, -0.1) is 22.7 Å². The number of benzene rings is 1. The van der Waals surface area contributed by atoms with Crippen LogP contribution in [0.1, 0.15) is 17.5 Å². The Hall–Kier alpha value is -2.31. The average Bonchev–Trinajstić information content (AvgIpc) is 3.35. The first kappa shape index (κ1) is 15.2. The van der Waals surface area contributed by atoms with E-state index in [0.717, 1.165) is 38.7 Å². The summed E-state index contributed by atoms with van der Waals surface area (Å²) >= 11 is 3.31. The molecule has 4 aromatic rings. The molecule has 6 heteroatoms. The van der Waals surface area contributed by atoms with Crippen molar-refractivity contribution in [1.29, 1.82) is 0 Å². The first-order chi connectivity index (χ1) is 11.7. The monoisotopic (exact) mass is 353 g/mol. The van der Waals surface area contributed by atoms with Crippen LogP contribution < -0.4 is 0 Å². The van der Waals surface area contributed by atoms with Crippen LogP contribution in [-0.2, 0) is 6.42 Å². The van der Waals surface area contributed by atoms with Crippen molar-refractivity contribution in [3.63, 3.8) is 0 Å². The van der Waals surface area contributed by atoms with Crippen LogP contribution in [0.2, 0.25) is 0 Å². The van der Waals surface area contributed by atoms with E-state index in [4.69, 9.17) is 4.52 Å². The molecule has 24 heavy (non-hydrogen) atoms. The molecule has 3 heterocycles. The molecule has 0 spiro atoms. The minimum absolute atomic E-state index is 0.577. The number of rotatable bonds is 4. The van der Waals surface area contributed by atoms with Gasteiger partial charge in [-0.1, -0.05) is 36.3 Å². The van der Waals surface area contributed by atoms with Crippen LogP contribution in [0.15, 0.2) is 45.6 Å². The van der Waals surface area contributed by atoms with Gasteiger partial charge in [0.2, 0.25) is 5.82 Å². The molecule has 0 amide bonds. The van der Waals surface area contributed by atoms with Gasteiger partial charge in [-0.05, 0) is 30.4 Å². The fraction of sp³-hybridized carbons (Fsp3) is 0.167. The Bertz CT molecular complexity index is 966. The van der Waals surface area contributed by atoms with Crippen molar-refractivity contribution in [1.82, 2.24) is 15.1 Å². The van der Waals surface area contributed by atoms with E-state index in [1.165, 1.54) is 0 Å². The van der Waals surface area contributed by atoms with Gasteiger partial charge in [0.05, 0.1) is 15.6 Å². The zero-order valence-electron chi connectivity index (χ0n) is 13.3. The number of hydrogen-bond donors (Lipinski definition) is 0. The van der Waals surface area contributed by atoms with Gasteiger partial charge >= 0.3 is 0 Å². The van der Waals surface area contributed by atoms with E-state index in [1.807, 2.05) is 24.4 Å². The minimum atomic E-state index is 0.577. The van der Waals surface area contributed by atoms with Crippen LogP contribution in [0.5, 0.6) is 0 Å². The van der Waals surface area contributed by atoms with E-state index in [-0.39, 0.29) is 0 Å². The zero-order valence-corrected chi connectivity index (χ0v) is 14.9. The Labute approximate surface area is 147 Å². The van der Waals surface area contributed by atoms with Crippen LogP contribution in [0.4, 0.5) is 0 Å². The molecule has 0 radical (unpaired) electrons. The summed E-state index contributed by atoms with van der Waals surface area (Å²) in [5.74, 6) is 1.19. The van der Waals surface area contributed by atoms with Crippen molar-refractivity contribution >= 4 is 22.7 Å². The first-order valence-corrected chi connectivity index (χ1v) is 9.44. The third-order valence-electron chi connectivity index (χ3n) is 3.78. The smallest absolute Gasteiger partial charge is 0.268 e. The second kappa shape index (κ2) is 6.30. The molecule has 0 unspecified atom stereocenters. The van der Waals surface area contributed by atoms with Crippen LogP contribution in [0.3, 0.4) is 0 Å². The lowest BCUT2D eigenvalue weighted by Crippen LogP contribution is -1.83. The topological polar surface area (TPSA) is 51.8 Å². The number of thiophene rings is 1. The quantitative estimate of drug-likeness (QED) is 0.489. The molecule has 0 saturated heterocycles. The predicted octanol–water partition coefficient (Wildman–Crippen LogP) is 5.46. The summed E-state index contributed by atoms with van der Waals surface area (Å²) in [4.78, 5) is 10.2. The van der Waals surface area contributed by atoms with Gasteiger partial charge in [-0.2, -0.15) is 4.98 Å². The van der Waals surface area contributed by atoms with E-state index < -0.39 is 0 Å². The highest BCUT2D eigenvalue weighted by atomic mass is 32.1. The highest BCUT2D eigenvalue weighted by molar-refractivity contribution is 7.13. The normalized spacial score (nSPS) is 11.1. The fourth-order valence-corrected chi connectivity index (χ4v) is 4.02. The summed E-state index contributed by atoms with van der Waals surface area (Å²) in [6.07, 6.45) is 0.969. The van der Waals surface area contributed by atoms with Crippen molar-refractivity contribution in [2.24, 2.45) is 0 Å². The van der Waals surface area contributed by atoms with Crippen LogP contribution >= 0.6 is 22.7 Å². The maximum absolute atomic E-state index is 5.42. The molecule has 4 rings (SSSR count). The van der Waals surface area contributed by atoms with Crippen LogP contribution in [0.25, 0.3) is 33.4 Å². The van der Waals surface area contributed by atoms with Gasteiger partial charge in [-0.3, -0.25) is 0 Å². The van der Waals surface area contributed by atoms with Gasteiger partial charge in [0.25, 0.3) is 5.89 Å². The van der Waals surface area contributed by atoms with Crippen molar-refractivity contribution < 1.29 is 4.52 Å². The third-order valence-corrected chi connectivity index (χ3v) is 5.77. The summed E-state index contributed by atoms with van der Waals surface area (Å²) < 4.78 is 5.42. The fourth-order valence-electron chi connectivity index (χ4n) is 2.42. The minimum Gasteiger partial charge on any atom is -0.333 e. The average molecular weight is 353 g/mol. The van der Waals surface area contributed by atoms with E-state index >= 15 is 0 Å². The SMILES string of the molecule is CCc1nc(-c2ccc(-c3noc(-c4sccc4C)n3)cc2)cs1. The molecule has 3 aromatic heterocycles. The Morgan fingerprint density at radius 2 is 1.79 bits per heavy atom. The van der Waals surface area contributed by atoms with Crippen molar-refractivity contribution in [3.8, 4) is 33.4 Å². The zero-order chi connectivity index (χ0) is 16.5. The first-order valence-electron chi connectivity index (χ1n) is 7.68. The van der Waals surface area contributed by atoms with E-state index in [0.29, 0.717) is 11.7 Å². The second-order valence-corrected chi connectivity index (χ2v) is 7.27. The van der Waals surface area contributed by atoms with Crippen molar-refractivity contribution in [3.05, 3.63) is 51.7 Å². The molecular formula is C18H15N3OS2. The molecule has 120 valence electrons. The molecule has 0 fully saturated rings. The number of nitrogens with zero attached hydrogens (tertiary/aromatic N) is 3. The molecule has 0 atom stereocenters. The lowest BCUT2D eigenvalue weighted by molar-refractivity contribution is 0.433. The lowest BCUT2D eigenvalue weighted by Gasteiger charge is -1.98. The van der Waals surface area contributed by atoms with E-state index in [2.05, 4.69) is 45.6 Å². The summed E-state index contributed by atoms with van der Waals surface area (Å²) in [7, 11) is 0. The Balaban J connectivity index is 1.61. The van der Waals surface area contributed by atoms with Gasteiger partial charge < -0.3 is 4.52 Å². The van der Waals surface area contributed by atoms with Gasteiger partial charge in [0, 0.05) is 16.5 Å². The Morgan fingerprint density at radius 1 is 1.00 bits per heavy atom. The Kier molecular flexibility index (Phi) is 4.00. The standard InChI is InChI=1S/C18H15N3OS2/c1-3-15-19-14(10-24-15)12-4-6-13(7-5-12)17-20-18(22-21-17)16-11(2)8-9-23-16/h4-10H,3H2,1-2H3. The molecule has 1 aromatic carbocycles. The molecule has 0 aliphatic carbocycles. The number of aromatic nitrogens is 3. The maximum Gasteiger partial charge on any atom is 0.268 e. The summed E-state index contributed by atoms with van der Waals surface area (Å²) in [5.41, 5.74) is 4.22. The van der Waals surface area contributed by atoms with Gasteiger partial charge in [0.1, 0.15) is 0 Å². The van der Waals surface area contributed by atoms with Gasteiger partial charge in [-0.25, -0.2) is 4.98 Å². The summed E-state index contributed by atoms with van der Waals surface area (Å²) in [6, 6.07) is 10.2. The molecular weight excluding hydrogens is 338 g/mol. The molecule has 0 aliphatic rings. The molecule has 0 aliphatic heterocycles. The number of hydrogen-bond acceptors (Lipinski definition) is 6. The molecule has 0 bridgehead atoms. The van der Waals surface area contributed by atoms with Gasteiger partial charge in [0.15, 0.2) is 0 Å². The van der Waals surface area contributed by atoms with E-state index in [9.17, 15) is 0 Å². The highest BCUT2D eigenvalue weighted by Crippen LogP contribution is 2.30. The maximum atomic E-state index is 5.42. The largest absolute Gasteiger partial charge is 0.333 e. The van der Waals surface area contributed by atoms with Crippen LogP contribution in [-0.4, -0.2) is 15.1 Å². The summed E-state index contributed by atoms with van der Waals surface area (Å²) in [6.45, 7) is 4.16. The van der Waals surface area contributed by atoms with Crippen molar-refractivity contribution in [2.45, 2.75) is 20.3 Å². The molecule has 0 N–H and O–H groups in total. The Morgan fingerprint density at radius 3 is 2.46 bits per heavy atom. The van der Waals surface area contributed by atoms with E-state index in [1.54, 1.807) is 22.7 Å². The predicted molar refractivity (Wildman–Crippen MR) is 98.3 cm³/mol. The summed E-state index contributed by atoms with van der Waals surface area (Å²) in [5, 5.41) is 9.39. The van der Waals surface area contributed by atoms with Crippen LogP contribution in [0, 0.1) is 6.92 Å². The number of thiazole rings is 1. The lowest BCUT2D eigenvalue weighted by atomic mass is 10.1. The molecule has 4 nitrogen and oxygen atoms in total. The van der Waals surface area contributed by atoms with Crippen molar-refractivity contribution in [2.75, 3.05) is 0 Å². The highest BCUT2D eigenvalue weighted by Gasteiger charge is 2.14. The second-order valence-electron chi connectivity index (χ2n) is 5.41. The molecule has 0 saturated carbocycles.